The quantitative estimate of drug-likeness (QED) is 0.731. The first-order valence-electron chi connectivity index (χ1n) is 9.03. The van der Waals surface area contributed by atoms with Crippen molar-refractivity contribution in [2.75, 3.05) is 20.2 Å². The molecule has 1 N–H and O–H groups in total. The van der Waals surface area contributed by atoms with Crippen LogP contribution in [0.15, 0.2) is 47.4 Å². The van der Waals surface area contributed by atoms with Gasteiger partial charge in [-0.05, 0) is 61.7 Å². The SMILES string of the molecule is Cc1ccc(S(=O)(=O)NC2CC2)cc1C(=O)N(C)CCOc1ccc(F)cc1. The number of ether oxygens (including phenoxy) is 1. The summed E-state index contributed by atoms with van der Waals surface area (Å²) in [5.74, 6) is -0.123. The molecule has 1 amide bonds. The largest absolute Gasteiger partial charge is 0.492 e. The Kier molecular flexibility index (Phi) is 6.00. The van der Waals surface area contributed by atoms with Gasteiger partial charge in [0.1, 0.15) is 18.2 Å². The molecule has 8 heteroatoms. The van der Waals surface area contributed by atoms with Gasteiger partial charge in [-0.2, -0.15) is 0 Å². The molecule has 2 aromatic rings. The van der Waals surface area contributed by atoms with Gasteiger partial charge in [0.2, 0.25) is 10.0 Å². The minimum atomic E-state index is -3.63. The molecule has 28 heavy (non-hydrogen) atoms. The van der Waals surface area contributed by atoms with Crippen LogP contribution in [-0.4, -0.2) is 45.5 Å². The smallest absolute Gasteiger partial charge is 0.254 e. The molecular weight excluding hydrogens is 383 g/mol. The number of aryl methyl sites for hydroxylation is 1. The van der Waals surface area contributed by atoms with Crippen molar-refractivity contribution in [3.63, 3.8) is 0 Å². The number of halogens is 1. The monoisotopic (exact) mass is 406 g/mol. The second-order valence-corrected chi connectivity index (χ2v) is 8.62. The molecule has 0 heterocycles. The lowest BCUT2D eigenvalue weighted by atomic mass is 10.1. The van der Waals surface area contributed by atoms with E-state index in [1.807, 2.05) is 0 Å². The van der Waals surface area contributed by atoms with Gasteiger partial charge in [0, 0.05) is 18.7 Å². The van der Waals surface area contributed by atoms with Crippen LogP contribution in [0.25, 0.3) is 0 Å². The molecule has 1 aliphatic rings. The summed E-state index contributed by atoms with van der Waals surface area (Å²) in [5, 5.41) is 0. The third kappa shape index (κ3) is 5.08. The number of carbonyl (C=O) groups is 1. The number of sulfonamides is 1. The van der Waals surface area contributed by atoms with E-state index in [2.05, 4.69) is 4.72 Å². The number of amides is 1. The summed E-state index contributed by atoms with van der Waals surface area (Å²) < 4.78 is 45.8. The number of nitrogens with zero attached hydrogens (tertiary/aromatic N) is 1. The van der Waals surface area contributed by atoms with Crippen LogP contribution < -0.4 is 9.46 Å². The summed E-state index contributed by atoms with van der Waals surface area (Å²) in [6.45, 7) is 2.29. The molecule has 150 valence electrons. The van der Waals surface area contributed by atoms with Gasteiger partial charge in [-0.15, -0.1) is 0 Å². The molecule has 0 aliphatic heterocycles. The van der Waals surface area contributed by atoms with E-state index in [0.29, 0.717) is 23.4 Å². The number of hydrogen-bond acceptors (Lipinski definition) is 4. The van der Waals surface area contributed by atoms with Crippen LogP contribution >= 0.6 is 0 Å². The van der Waals surface area contributed by atoms with Gasteiger partial charge in [-0.1, -0.05) is 6.07 Å². The average molecular weight is 406 g/mol. The minimum Gasteiger partial charge on any atom is -0.492 e. The Labute approximate surface area is 164 Å². The van der Waals surface area contributed by atoms with Crippen molar-refractivity contribution in [1.82, 2.24) is 9.62 Å². The molecule has 1 fully saturated rings. The van der Waals surface area contributed by atoms with E-state index in [-0.39, 0.29) is 29.3 Å². The number of benzene rings is 2. The summed E-state index contributed by atoms with van der Waals surface area (Å²) >= 11 is 0. The Morgan fingerprint density at radius 3 is 2.54 bits per heavy atom. The maximum absolute atomic E-state index is 12.9. The molecule has 0 aromatic heterocycles. The summed E-state index contributed by atoms with van der Waals surface area (Å²) in [5.41, 5.74) is 1.03. The predicted octanol–water partition coefficient (Wildman–Crippen LogP) is 2.73. The van der Waals surface area contributed by atoms with E-state index in [0.717, 1.165) is 12.8 Å². The molecule has 0 unspecified atom stereocenters. The summed E-state index contributed by atoms with van der Waals surface area (Å²) in [4.78, 5) is 14.3. The van der Waals surface area contributed by atoms with Gasteiger partial charge in [-0.3, -0.25) is 4.79 Å². The number of rotatable bonds is 8. The highest BCUT2D eigenvalue weighted by molar-refractivity contribution is 7.89. The van der Waals surface area contributed by atoms with Gasteiger partial charge in [0.05, 0.1) is 11.4 Å². The molecule has 1 aliphatic carbocycles. The van der Waals surface area contributed by atoms with Crippen molar-refractivity contribution in [2.24, 2.45) is 0 Å². The van der Waals surface area contributed by atoms with Gasteiger partial charge >= 0.3 is 0 Å². The van der Waals surface area contributed by atoms with E-state index in [1.165, 1.54) is 41.3 Å². The summed E-state index contributed by atoms with van der Waals surface area (Å²) in [6.07, 6.45) is 1.68. The second-order valence-electron chi connectivity index (χ2n) is 6.90. The lowest BCUT2D eigenvalue weighted by molar-refractivity contribution is 0.0773. The molecule has 6 nitrogen and oxygen atoms in total. The Balaban J connectivity index is 1.65. The Bertz CT molecular complexity index is 957. The fourth-order valence-corrected chi connectivity index (χ4v) is 3.96. The van der Waals surface area contributed by atoms with Crippen molar-refractivity contribution in [1.29, 1.82) is 0 Å². The zero-order valence-electron chi connectivity index (χ0n) is 15.8. The first kappa shape index (κ1) is 20.3. The molecule has 2 aromatic carbocycles. The van der Waals surface area contributed by atoms with Crippen LogP contribution in [0.3, 0.4) is 0 Å². The van der Waals surface area contributed by atoms with E-state index >= 15 is 0 Å². The minimum absolute atomic E-state index is 0.00302. The highest BCUT2D eigenvalue weighted by atomic mass is 32.2. The van der Waals surface area contributed by atoms with Gasteiger partial charge in [0.15, 0.2) is 0 Å². The second kappa shape index (κ2) is 8.28. The van der Waals surface area contributed by atoms with Crippen LogP contribution in [0.2, 0.25) is 0 Å². The zero-order valence-corrected chi connectivity index (χ0v) is 16.6. The topological polar surface area (TPSA) is 75.7 Å². The first-order valence-corrected chi connectivity index (χ1v) is 10.5. The third-order valence-corrected chi connectivity index (χ3v) is 6.02. The van der Waals surface area contributed by atoms with E-state index in [9.17, 15) is 17.6 Å². The van der Waals surface area contributed by atoms with Gasteiger partial charge in [-0.25, -0.2) is 17.5 Å². The molecule has 0 spiro atoms. The molecule has 3 rings (SSSR count). The fourth-order valence-electron chi connectivity index (χ4n) is 2.63. The van der Waals surface area contributed by atoms with Gasteiger partial charge in [0.25, 0.3) is 5.91 Å². The van der Waals surface area contributed by atoms with Crippen molar-refractivity contribution in [3.8, 4) is 5.75 Å². The molecule has 0 saturated heterocycles. The lowest BCUT2D eigenvalue weighted by Crippen LogP contribution is -2.32. The van der Waals surface area contributed by atoms with Crippen molar-refractivity contribution in [2.45, 2.75) is 30.7 Å². The number of nitrogens with one attached hydrogen (secondary N) is 1. The van der Waals surface area contributed by atoms with Crippen LogP contribution in [0, 0.1) is 12.7 Å². The molecule has 0 atom stereocenters. The molecule has 0 bridgehead atoms. The normalized spacial score (nSPS) is 14.0. The maximum Gasteiger partial charge on any atom is 0.254 e. The van der Waals surface area contributed by atoms with Crippen LogP contribution in [0.1, 0.15) is 28.8 Å². The summed E-state index contributed by atoms with van der Waals surface area (Å²) in [7, 11) is -2.00. The Morgan fingerprint density at radius 2 is 1.89 bits per heavy atom. The van der Waals surface area contributed by atoms with E-state index in [1.54, 1.807) is 20.0 Å². The Hall–Kier alpha value is -2.45. The van der Waals surface area contributed by atoms with E-state index in [4.69, 9.17) is 4.74 Å². The van der Waals surface area contributed by atoms with Crippen molar-refractivity contribution < 1.29 is 22.3 Å². The zero-order chi connectivity index (χ0) is 20.3. The number of hydrogen-bond donors (Lipinski definition) is 1. The first-order chi connectivity index (χ1) is 13.3. The third-order valence-electron chi connectivity index (χ3n) is 4.50. The van der Waals surface area contributed by atoms with Crippen molar-refractivity contribution >= 4 is 15.9 Å². The molecule has 1 saturated carbocycles. The highest BCUT2D eigenvalue weighted by Gasteiger charge is 2.28. The van der Waals surface area contributed by atoms with Gasteiger partial charge < -0.3 is 9.64 Å². The van der Waals surface area contributed by atoms with Crippen LogP contribution in [-0.2, 0) is 10.0 Å². The highest BCUT2D eigenvalue weighted by Crippen LogP contribution is 2.23. The number of carbonyl (C=O) groups excluding carboxylic acids is 1. The van der Waals surface area contributed by atoms with Crippen LogP contribution in [0.4, 0.5) is 4.39 Å². The molecule has 0 radical (unpaired) electrons. The maximum atomic E-state index is 12.9. The van der Waals surface area contributed by atoms with E-state index < -0.39 is 10.0 Å². The number of likely N-dealkylation sites (N-methyl/N-ethyl adjacent to an activating group) is 1. The average Bonchev–Trinajstić information content (AvgIpc) is 3.46. The fraction of sp³-hybridized carbons (Fsp3) is 0.350. The lowest BCUT2D eigenvalue weighted by Gasteiger charge is -2.19. The summed E-state index contributed by atoms with van der Waals surface area (Å²) in [6, 6.07) is 10.2. The van der Waals surface area contributed by atoms with Crippen molar-refractivity contribution in [3.05, 3.63) is 59.4 Å². The van der Waals surface area contributed by atoms with Crippen LogP contribution in [0.5, 0.6) is 5.75 Å². The molecular formula is C20H23FN2O4S. The standard InChI is InChI=1S/C20H23FN2O4S/c1-14-3-10-18(28(25,26)22-16-6-7-16)13-19(14)20(24)23(2)11-12-27-17-8-4-15(21)5-9-17/h3-5,8-10,13,16,22H,6-7,11-12H2,1-2H3. The Morgan fingerprint density at radius 1 is 1.21 bits per heavy atom. The predicted molar refractivity (Wildman–Crippen MR) is 103 cm³/mol.